The number of nitrogens with zero attached hydrogens (tertiary/aromatic N) is 3. The Labute approximate surface area is 153 Å². The maximum absolute atomic E-state index is 13.1. The van der Waals surface area contributed by atoms with Crippen molar-refractivity contribution >= 4 is 33.9 Å². The molecular weight excluding hydrogens is 346 g/mol. The molecule has 7 heteroatoms. The normalized spacial score (nSPS) is 13.3. The molecule has 0 atom stereocenters. The van der Waals surface area contributed by atoms with Gasteiger partial charge in [0.1, 0.15) is 5.56 Å². The van der Waals surface area contributed by atoms with Crippen LogP contribution in [-0.4, -0.2) is 29.1 Å². The molecule has 134 valence electrons. The van der Waals surface area contributed by atoms with Crippen LogP contribution in [0, 0.1) is 0 Å². The number of para-hydroxylation sites is 3. The highest BCUT2D eigenvalue weighted by Gasteiger charge is 2.31. The summed E-state index contributed by atoms with van der Waals surface area (Å²) in [6.07, 6.45) is 0. The molecule has 0 unspecified atom stereocenters. The lowest BCUT2D eigenvalue weighted by Crippen LogP contribution is -2.33. The van der Waals surface area contributed by atoms with E-state index in [1.807, 2.05) is 28.8 Å². The first-order valence-corrected chi connectivity index (χ1v) is 8.55. The molecule has 1 aliphatic heterocycles. The van der Waals surface area contributed by atoms with Gasteiger partial charge in [0.15, 0.2) is 11.3 Å². The van der Waals surface area contributed by atoms with Gasteiger partial charge in [0.25, 0.3) is 5.91 Å². The van der Waals surface area contributed by atoms with E-state index in [9.17, 15) is 9.59 Å². The Hall–Kier alpha value is -3.61. The van der Waals surface area contributed by atoms with Crippen LogP contribution >= 0.6 is 0 Å². The van der Waals surface area contributed by atoms with Gasteiger partial charge in [0.05, 0.1) is 18.1 Å². The van der Waals surface area contributed by atoms with Crippen LogP contribution in [0.15, 0.2) is 57.7 Å². The minimum Gasteiger partial charge on any atom is -0.493 e. The SMILES string of the molecule is COc1cccc2cc(C(=O)N3CCn4c3nc3ccccc34)c(=O)oc12. The van der Waals surface area contributed by atoms with Crippen molar-refractivity contribution in [3.05, 3.63) is 64.5 Å². The first-order valence-electron chi connectivity index (χ1n) is 8.55. The summed E-state index contributed by atoms with van der Waals surface area (Å²) in [5.41, 5.74) is 1.41. The molecule has 0 N–H and O–H groups in total. The quantitative estimate of drug-likeness (QED) is 0.513. The molecule has 7 nitrogen and oxygen atoms in total. The summed E-state index contributed by atoms with van der Waals surface area (Å²) < 4.78 is 12.6. The molecule has 27 heavy (non-hydrogen) atoms. The van der Waals surface area contributed by atoms with Crippen molar-refractivity contribution in [2.24, 2.45) is 0 Å². The number of benzene rings is 2. The lowest BCUT2D eigenvalue weighted by molar-refractivity contribution is 0.0985. The van der Waals surface area contributed by atoms with E-state index in [4.69, 9.17) is 9.15 Å². The van der Waals surface area contributed by atoms with Crippen LogP contribution < -0.4 is 15.3 Å². The molecule has 0 fully saturated rings. The number of rotatable bonds is 2. The number of fused-ring (bicyclic) bond motifs is 4. The predicted molar refractivity (Wildman–Crippen MR) is 100 cm³/mol. The first-order chi connectivity index (χ1) is 13.2. The molecule has 4 aromatic rings. The third-order valence-corrected chi connectivity index (χ3v) is 4.84. The maximum Gasteiger partial charge on any atom is 0.349 e. The van der Waals surface area contributed by atoms with E-state index >= 15 is 0 Å². The second-order valence-corrected chi connectivity index (χ2v) is 6.34. The average Bonchev–Trinajstić information content (AvgIpc) is 3.25. The number of ether oxygens (including phenoxy) is 1. The summed E-state index contributed by atoms with van der Waals surface area (Å²) >= 11 is 0. The van der Waals surface area contributed by atoms with E-state index in [1.165, 1.54) is 12.0 Å². The smallest absolute Gasteiger partial charge is 0.349 e. The number of hydrogen-bond acceptors (Lipinski definition) is 5. The number of anilines is 1. The van der Waals surface area contributed by atoms with Gasteiger partial charge in [0, 0.05) is 18.5 Å². The van der Waals surface area contributed by atoms with E-state index < -0.39 is 11.5 Å². The van der Waals surface area contributed by atoms with Gasteiger partial charge in [-0.05, 0) is 24.3 Å². The van der Waals surface area contributed by atoms with Crippen molar-refractivity contribution < 1.29 is 13.9 Å². The summed E-state index contributed by atoms with van der Waals surface area (Å²) in [5, 5.41) is 0.630. The van der Waals surface area contributed by atoms with Gasteiger partial charge in [-0.25, -0.2) is 9.78 Å². The topological polar surface area (TPSA) is 77.6 Å². The Kier molecular flexibility index (Phi) is 3.30. The zero-order valence-electron chi connectivity index (χ0n) is 14.5. The second kappa shape index (κ2) is 5.70. The number of methoxy groups -OCH3 is 1. The molecule has 0 saturated carbocycles. The van der Waals surface area contributed by atoms with Crippen molar-refractivity contribution in [3.8, 4) is 5.75 Å². The summed E-state index contributed by atoms with van der Waals surface area (Å²) in [4.78, 5) is 31.7. The first kappa shape index (κ1) is 15.6. The van der Waals surface area contributed by atoms with Crippen molar-refractivity contribution in [1.29, 1.82) is 0 Å². The lowest BCUT2D eigenvalue weighted by atomic mass is 10.1. The standard InChI is InChI=1S/C20H15N3O4/c1-26-16-8-4-5-12-11-13(19(25)27-17(12)16)18(24)23-10-9-22-15-7-3-2-6-14(15)21-20(22)23/h2-8,11H,9-10H2,1H3. The van der Waals surface area contributed by atoms with Crippen LogP contribution in [0.2, 0.25) is 0 Å². The maximum atomic E-state index is 13.1. The molecule has 0 radical (unpaired) electrons. The number of imidazole rings is 1. The van der Waals surface area contributed by atoms with Gasteiger partial charge in [0.2, 0.25) is 5.95 Å². The molecule has 2 aromatic heterocycles. The number of carbonyl (C=O) groups is 1. The minimum atomic E-state index is -0.688. The highest BCUT2D eigenvalue weighted by Crippen LogP contribution is 2.29. The van der Waals surface area contributed by atoms with Crippen LogP contribution in [0.25, 0.3) is 22.0 Å². The molecule has 2 aromatic carbocycles. The molecule has 5 rings (SSSR count). The number of hydrogen-bond donors (Lipinski definition) is 0. The Morgan fingerprint density at radius 3 is 2.85 bits per heavy atom. The summed E-state index contributed by atoms with van der Waals surface area (Å²) in [6, 6.07) is 14.5. The van der Waals surface area contributed by atoms with Gasteiger partial charge in [-0.1, -0.05) is 24.3 Å². The van der Waals surface area contributed by atoms with Crippen molar-refractivity contribution in [2.45, 2.75) is 6.54 Å². The Morgan fingerprint density at radius 1 is 1.15 bits per heavy atom. The van der Waals surface area contributed by atoms with Crippen LogP contribution in [0.5, 0.6) is 5.75 Å². The summed E-state index contributed by atoms with van der Waals surface area (Å²) in [5.74, 6) is 0.584. The third kappa shape index (κ3) is 2.25. The van der Waals surface area contributed by atoms with Crippen molar-refractivity contribution in [2.75, 3.05) is 18.6 Å². The Balaban J connectivity index is 1.62. The van der Waals surface area contributed by atoms with Crippen LogP contribution in [0.4, 0.5) is 5.95 Å². The van der Waals surface area contributed by atoms with E-state index in [1.54, 1.807) is 24.3 Å². The van der Waals surface area contributed by atoms with Crippen LogP contribution in [0.1, 0.15) is 10.4 Å². The molecule has 3 heterocycles. The second-order valence-electron chi connectivity index (χ2n) is 6.34. The van der Waals surface area contributed by atoms with Gasteiger partial charge in [-0.15, -0.1) is 0 Å². The highest BCUT2D eigenvalue weighted by atomic mass is 16.5. The van der Waals surface area contributed by atoms with Gasteiger partial charge < -0.3 is 13.7 Å². The predicted octanol–water partition coefficient (Wildman–Crippen LogP) is 2.81. The monoisotopic (exact) mass is 361 g/mol. The average molecular weight is 361 g/mol. The number of amides is 1. The fourth-order valence-electron chi connectivity index (χ4n) is 3.55. The van der Waals surface area contributed by atoms with Crippen molar-refractivity contribution in [3.63, 3.8) is 0 Å². The zero-order valence-corrected chi connectivity index (χ0v) is 14.5. The molecule has 0 spiro atoms. The minimum absolute atomic E-state index is 0.0174. The Morgan fingerprint density at radius 2 is 2.00 bits per heavy atom. The van der Waals surface area contributed by atoms with E-state index in [0.29, 0.717) is 35.8 Å². The molecule has 0 bridgehead atoms. The van der Waals surface area contributed by atoms with E-state index in [-0.39, 0.29) is 5.56 Å². The third-order valence-electron chi connectivity index (χ3n) is 4.84. The fourth-order valence-corrected chi connectivity index (χ4v) is 3.55. The molecule has 1 aliphatic rings. The van der Waals surface area contributed by atoms with E-state index in [0.717, 1.165) is 11.0 Å². The van der Waals surface area contributed by atoms with Gasteiger partial charge in [-0.3, -0.25) is 9.69 Å². The molecule has 0 saturated heterocycles. The number of carbonyl (C=O) groups excluding carboxylic acids is 1. The largest absolute Gasteiger partial charge is 0.493 e. The van der Waals surface area contributed by atoms with Crippen LogP contribution in [0.3, 0.4) is 0 Å². The Bertz CT molecular complexity index is 1270. The zero-order chi connectivity index (χ0) is 18.5. The van der Waals surface area contributed by atoms with Gasteiger partial charge in [-0.2, -0.15) is 0 Å². The summed E-state index contributed by atoms with van der Waals surface area (Å²) in [6.45, 7) is 1.09. The highest BCUT2D eigenvalue weighted by molar-refractivity contribution is 6.07. The van der Waals surface area contributed by atoms with Crippen molar-refractivity contribution in [1.82, 2.24) is 9.55 Å². The summed E-state index contributed by atoms with van der Waals surface area (Å²) in [7, 11) is 1.50. The lowest BCUT2D eigenvalue weighted by Gasteiger charge is -2.13. The fraction of sp³-hybridized carbons (Fsp3) is 0.150. The number of aromatic nitrogens is 2. The molecule has 0 aliphatic carbocycles. The van der Waals surface area contributed by atoms with Crippen LogP contribution in [-0.2, 0) is 6.54 Å². The molecule has 1 amide bonds. The van der Waals surface area contributed by atoms with E-state index in [2.05, 4.69) is 4.98 Å². The van der Waals surface area contributed by atoms with Gasteiger partial charge >= 0.3 is 5.63 Å². The molecular formula is C20H15N3O4.